The van der Waals surface area contributed by atoms with Crippen LogP contribution in [0.3, 0.4) is 0 Å². The summed E-state index contributed by atoms with van der Waals surface area (Å²) in [6.45, 7) is 4.07. The Morgan fingerprint density at radius 3 is 2.39 bits per heavy atom. The van der Waals surface area contributed by atoms with Crippen LogP contribution in [0.25, 0.3) is 5.69 Å². The van der Waals surface area contributed by atoms with Crippen molar-refractivity contribution >= 4 is 17.8 Å². The van der Waals surface area contributed by atoms with E-state index in [9.17, 15) is 14.4 Å². The number of carbonyl (C=O) groups excluding carboxylic acids is 3. The summed E-state index contributed by atoms with van der Waals surface area (Å²) in [4.78, 5) is 37.7. The zero-order valence-electron chi connectivity index (χ0n) is 16.1. The number of aryl methyl sites for hydroxylation is 1. The Morgan fingerprint density at radius 1 is 1.14 bits per heavy atom. The minimum atomic E-state index is -0.572. The zero-order valence-corrected chi connectivity index (χ0v) is 16.1. The van der Waals surface area contributed by atoms with Gasteiger partial charge in [0.05, 0.1) is 17.1 Å². The number of carbonyl (C=O) groups is 3. The van der Waals surface area contributed by atoms with Gasteiger partial charge in [0.25, 0.3) is 5.91 Å². The Labute approximate surface area is 163 Å². The number of benzene rings is 1. The topological polar surface area (TPSA) is 108 Å². The fraction of sp³-hybridized carbons (Fsp3) is 0.400. The van der Waals surface area contributed by atoms with Crippen LogP contribution in [-0.4, -0.2) is 52.2 Å². The largest absolute Gasteiger partial charge is 0.452 e. The van der Waals surface area contributed by atoms with Gasteiger partial charge < -0.3 is 15.4 Å². The van der Waals surface area contributed by atoms with Crippen molar-refractivity contribution < 1.29 is 19.1 Å². The maximum Gasteiger partial charge on any atom is 0.342 e. The highest BCUT2D eigenvalue weighted by Gasteiger charge is 2.27. The maximum absolute atomic E-state index is 12.6. The highest BCUT2D eigenvalue weighted by atomic mass is 16.5. The number of hydrogen-bond donors (Lipinski definition) is 1. The van der Waals surface area contributed by atoms with E-state index in [1.54, 1.807) is 23.4 Å². The molecule has 1 aliphatic rings. The second-order valence-electron chi connectivity index (χ2n) is 6.93. The first-order valence-corrected chi connectivity index (χ1v) is 9.24. The molecule has 1 saturated heterocycles. The molecule has 2 aromatic rings. The average molecular weight is 384 g/mol. The number of piperidine rings is 1. The molecular weight excluding hydrogens is 360 g/mol. The van der Waals surface area contributed by atoms with Gasteiger partial charge in [0.1, 0.15) is 5.56 Å². The standard InChI is InChI=1S/C20H24N4O4/c1-13-18(14(2)24(22-13)16-6-4-3-5-7-16)20(27)28-12-17(25)23-10-8-15(9-11-23)19(21)26/h3-7,15H,8-12H2,1-2H3,(H2,21,26). The monoisotopic (exact) mass is 384 g/mol. The first-order chi connectivity index (χ1) is 13.4. The number of ether oxygens (including phenoxy) is 1. The van der Waals surface area contributed by atoms with Gasteiger partial charge in [-0.1, -0.05) is 18.2 Å². The van der Waals surface area contributed by atoms with Gasteiger partial charge in [-0.25, -0.2) is 9.48 Å². The van der Waals surface area contributed by atoms with Crippen molar-refractivity contribution in [2.45, 2.75) is 26.7 Å². The highest BCUT2D eigenvalue weighted by Crippen LogP contribution is 2.20. The SMILES string of the molecule is Cc1nn(-c2ccccc2)c(C)c1C(=O)OCC(=O)N1CCC(C(N)=O)CC1. The van der Waals surface area contributed by atoms with Crippen LogP contribution in [0.15, 0.2) is 30.3 Å². The first kappa shape index (κ1) is 19.6. The molecule has 148 valence electrons. The molecule has 0 unspecified atom stereocenters. The summed E-state index contributed by atoms with van der Waals surface area (Å²) in [5.74, 6) is -1.37. The van der Waals surface area contributed by atoms with Crippen molar-refractivity contribution in [2.75, 3.05) is 19.7 Å². The van der Waals surface area contributed by atoms with Crippen LogP contribution in [0.5, 0.6) is 0 Å². The summed E-state index contributed by atoms with van der Waals surface area (Å²) in [5.41, 5.74) is 7.71. The minimum absolute atomic E-state index is 0.194. The van der Waals surface area contributed by atoms with Crippen molar-refractivity contribution in [3.05, 3.63) is 47.3 Å². The van der Waals surface area contributed by atoms with E-state index in [0.717, 1.165) is 5.69 Å². The van der Waals surface area contributed by atoms with Crippen molar-refractivity contribution in [1.29, 1.82) is 0 Å². The molecule has 28 heavy (non-hydrogen) atoms. The molecule has 2 heterocycles. The van der Waals surface area contributed by atoms with Gasteiger partial charge in [0.2, 0.25) is 5.91 Å². The van der Waals surface area contributed by atoms with Crippen molar-refractivity contribution in [1.82, 2.24) is 14.7 Å². The summed E-state index contributed by atoms with van der Waals surface area (Å²) < 4.78 is 6.94. The predicted molar refractivity (Wildman–Crippen MR) is 102 cm³/mol. The number of esters is 1. The lowest BCUT2D eigenvalue weighted by molar-refractivity contribution is -0.137. The maximum atomic E-state index is 12.6. The molecule has 0 radical (unpaired) electrons. The van der Waals surface area contributed by atoms with Gasteiger partial charge in [0, 0.05) is 19.0 Å². The van der Waals surface area contributed by atoms with Crippen LogP contribution in [0.2, 0.25) is 0 Å². The second-order valence-corrected chi connectivity index (χ2v) is 6.93. The van der Waals surface area contributed by atoms with Gasteiger partial charge >= 0.3 is 5.97 Å². The molecule has 1 aromatic heterocycles. The number of rotatable bonds is 5. The number of amides is 2. The van der Waals surface area contributed by atoms with Gasteiger partial charge in [-0.15, -0.1) is 0 Å². The van der Waals surface area contributed by atoms with Crippen LogP contribution in [0.1, 0.15) is 34.6 Å². The molecule has 0 bridgehead atoms. The minimum Gasteiger partial charge on any atom is -0.452 e. The normalized spacial score (nSPS) is 14.7. The van der Waals surface area contributed by atoms with Crippen molar-refractivity contribution in [3.8, 4) is 5.69 Å². The molecule has 1 fully saturated rings. The Bertz CT molecular complexity index is 883. The van der Waals surface area contributed by atoms with Crippen LogP contribution < -0.4 is 5.73 Å². The predicted octanol–water partition coefficient (Wildman–Crippen LogP) is 1.37. The molecule has 0 atom stereocenters. The lowest BCUT2D eigenvalue weighted by Crippen LogP contribution is -2.43. The third-order valence-corrected chi connectivity index (χ3v) is 5.07. The molecule has 8 heteroatoms. The fourth-order valence-electron chi connectivity index (χ4n) is 3.46. The molecule has 0 saturated carbocycles. The molecule has 3 rings (SSSR count). The first-order valence-electron chi connectivity index (χ1n) is 9.24. The summed E-state index contributed by atoms with van der Waals surface area (Å²) >= 11 is 0. The van der Waals surface area contributed by atoms with Gasteiger partial charge in [-0.05, 0) is 38.8 Å². The molecule has 1 aromatic carbocycles. The van der Waals surface area contributed by atoms with Gasteiger partial charge in [0.15, 0.2) is 6.61 Å². The third-order valence-electron chi connectivity index (χ3n) is 5.07. The Balaban J connectivity index is 1.62. The van der Waals surface area contributed by atoms with E-state index in [-0.39, 0.29) is 24.3 Å². The Hall–Kier alpha value is -3.16. The van der Waals surface area contributed by atoms with Crippen LogP contribution in [0, 0.1) is 19.8 Å². The van der Waals surface area contributed by atoms with Crippen molar-refractivity contribution in [3.63, 3.8) is 0 Å². The number of para-hydroxylation sites is 1. The molecule has 2 amide bonds. The number of likely N-dealkylation sites (tertiary alicyclic amines) is 1. The molecule has 0 aliphatic carbocycles. The number of nitrogens with zero attached hydrogens (tertiary/aromatic N) is 3. The van der Waals surface area contributed by atoms with Crippen LogP contribution >= 0.6 is 0 Å². The quantitative estimate of drug-likeness (QED) is 0.784. The number of nitrogens with two attached hydrogens (primary N) is 1. The van der Waals surface area contributed by atoms with Crippen LogP contribution in [0.4, 0.5) is 0 Å². The smallest absolute Gasteiger partial charge is 0.342 e. The van der Waals surface area contributed by atoms with E-state index in [2.05, 4.69) is 5.10 Å². The lowest BCUT2D eigenvalue weighted by atomic mass is 9.96. The van der Waals surface area contributed by atoms with E-state index in [1.165, 1.54) is 0 Å². The summed E-state index contributed by atoms with van der Waals surface area (Å²) in [7, 11) is 0. The highest BCUT2D eigenvalue weighted by molar-refractivity contribution is 5.93. The van der Waals surface area contributed by atoms with E-state index in [4.69, 9.17) is 10.5 Å². The summed E-state index contributed by atoms with van der Waals surface area (Å²) in [6.07, 6.45) is 1.08. The molecule has 1 aliphatic heterocycles. The molecular formula is C20H24N4O4. The number of primary amides is 1. The van der Waals surface area contributed by atoms with E-state index in [0.29, 0.717) is 42.9 Å². The van der Waals surface area contributed by atoms with E-state index in [1.807, 2.05) is 30.3 Å². The summed E-state index contributed by atoms with van der Waals surface area (Å²) in [5, 5.41) is 4.42. The number of hydrogen-bond acceptors (Lipinski definition) is 5. The Morgan fingerprint density at radius 2 is 1.79 bits per heavy atom. The summed E-state index contributed by atoms with van der Waals surface area (Å²) in [6, 6.07) is 9.48. The fourth-order valence-corrected chi connectivity index (χ4v) is 3.46. The van der Waals surface area contributed by atoms with Crippen LogP contribution in [-0.2, 0) is 14.3 Å². The Kier molecular flexibility index (Phi) is 5.77. The van der Waals surface area contributed by atoms with E-state index < -0.39 is 5.97 Å². The van der Waals surface area contributed by atoms with Gasteiger partial charge in [-0.2, -0.15) is 5.10 Å². The number of aromatic nitrogens is 2. The van der Waals surface area contributed by atoms with E-state index >= 15 is 0 Å². The lowest BCUT2D eigenvalue weighted by Gasteiger charge is -2.30. The van der Waals surface area contributed by atoms with Gasteiger partial charge in [-0.3, -0.25) is 9.59 Å². The van der Waals surface area contributed by atoms with Crippen molar-refractivity contribution in [2.24, 2.45) is 11.7 Å². The molecule has 8 nitrogen and oxygen atoms in total. The molecule has 2 N–H and O–H groups in total. The molecule has 0 spiro atoms. The zero-order chi connectivity index (χ0) is 20.3. The average Bonchev–Trinajstić information content (AvgIpc) is 3.00. The third kappa shape index (κ3) is 4.05. The second kappa shape index (κ2) is 8.24.